The molecule has 3 aromatic rings. The summed E-state index contributed by atoms with van der Waals surface area (Å²) >= 11 is 6.45. The number of imidazole rings is 1. The number of benzene rings is 1. The quantitative estimate of drug-likeness (QED) is 0.207. The molecule has 2 saturated heterocycles. The molecule has 5 rings (SSSR count). The van der Waals surface area contributed by atoms with Gasteiger partial charge < -0.3 is 28.8 Å². The van der Waals surface area contributed by atoms with Crippen LogP contribution in [0, 0.1) is 11.6 Å². The Labute approximate surface area is 272 Å². The third kappa shape index (κ3) is 8.40. The molecule has 2 aliphatic rings. The molecular formula is C29H36ClF2N4O8SSi+. The number of aryl methyl sites for hydroxylation is 1. The van der Waals surface area contributed by atoms with Gasteiger partial charge in [0.1, 0.15) is 53.8 Å². The van der Waals surface area contributed by atoms with Gasteiger partial charge in [0, 0.05) is 28.7 Å². The number of carbonyl (C=O) groups excluding carboxylic acids is 1. The van der Waals surface area contributed by atoms with Gasteiger partial charge in [0.25, 0.3) is 5.91 Å². The van der Waals surface area contributed by atoms with E-state index in [4.69, 9.17) is 35.3 Å². The normalized spacial score (nSPS) is 21.0. The van der Waals surface area contributed by atoms with Crippen LogP contribution >= 0.6 is 11.6 Å². The molecule has 250 valence electrons. The summed E-state index contributed by atoms with van der Waals surface area (Å²) in [6.45, 7) is 4.75. The summed E-state index contributed by atoms with van der Waals surface area (Å²) in [4.78, 5) is 21.0. The summed E-state index contributed by atoms with van der Waals surface area (Å²) in [7, 11) is -3.13. The molecular weight excluding hydrogens is 666 g/mol. The number of aliphatic hydroxyl groups is 1. The van der Waals surface area contributed by atoms with E-state index in [1.54, 1.807) is 4.57 Å². The second kappa shape index (κ2) is 14.6. The molecule has 0 bridgehead atoms. The minimum atomic E-state index is -2.62. The number of aliphatic hydroxyl groups excluding tert-OH is 1. The van der Waals surface area contributed by atoms with E-state index < -0.39 is 67.1 Å². The first kappa shape index (κ1) is 34.6. The molecule has 17 heteroatoms. The van der Waals surface area contributed by atoms with Gasteiger partial charge in [-0.1, -0.05) is 11.6 Å². The maximum absolute atomic E-state index is 15.0. The fourth-order valence-electron chi connectivity index (χ4n) is 5.03. The zero-order chi connectivity index (χ0) is 33.2. The number of halogens is 3. The minimum Gasteiger partial charge on any atom is -0.471 e. The molecule has 0 radical (unpaired) electrons. The number of ether oxygens (including phenoxy) is 5. The van der Waals surface area contributed by atoms with Crippen LogP contribution in [0.1, 0.15) is 17.5 Å². The molecule has 0 saturated carbocycles. The Balaban J connectivity index is 1.34. The lowest BCUT2D eigenvalue weighted by molar-refractivity contribution is -0.117. The molecule has 2 aromatic heterocycles. The SMILES string of the molecule is C[Si+](C)CCOCn1c(O[C@@H]2CO[C@H]3[C@@H]2OC[C@H]3O)nc2cc(Cl)c(OCc3c(F)cc(CCC(=O)N=S(C)(C)=O)cc3F)nc21. The van der Waals surface area contributed by atoms with E-state index >= 15 is 0 Å². The highest BCUT2D eigenvalue weighted by Gasteiger charge is 2.49. The van der Waals surface area contributed by atoms with Gasteiger partial charge in [-0.05, 0) is 30.2 Å². The van der Waals surface area contributed by atoms with Crippen molar-refractivity contribution in [2.75, 3.05) is 32.3 Å². The number of carbonyl (C=O) groups is 1. The second-order valence-electron chi connectivity index (χ2n) is 11.7. The Morgan fingerprint density at radius 1 is 1.17 bits per heavy atom. The maximum atomic E-state index is 15.0. The standard InChI is InChI=1S/C29H36ClF2N4O8SSi/c1-45(2,39)35-24(38)6-5-16-9-19(31)17(20(32)10-16)12-43-28-18(30)11-21-27(34-28)36(15-40-7-8-46(3)4)29(33-21)44-23-14-42-25-22(37)13-41-26(23)25/h9-11,22-23,25-26,37H,5-8,12-15H2,1-4H3/q+1/t22-,23-,25-,26-/m1/s1. The van der Waals surface area contributed by atoms with E-state index in [1.165, 1.54) is 18.6 Å². The highest BCUT2D eigenvalue weighted by molar-refractivity contribution is 7.92. The fraction of sp³-hybridized carbons (Fsp3) is 0.552. The number of hydrogen-bond acceptors (Lipinski definition) is 10. The van der Waals surface area contributed by atoms with Crippen molar-refractivity contribution in [1.82, 2.24) is 14.5 Å². The van der Waals surface area contributed by atoms with Crippen LogP contribution in [0.15, 0.2) is 22.6 Å². The highest BCUT2D eigenvalue weighted by atomic mass is 35.5. The van der Waals surface area contributed by atoms with Crippen molar-refractivity contribution >= 4 is 47.2 Å². The minimum absolute atomic E-state index is 0.0210. The summed E-state index contributed by atoms with van der Waals surface area (Å²) in [6, 6.07) is 4.83. The number of nitrogens with zero attached hydrogens (tertiary/aromatic N) is 4. The highest BCUT2D eigenvalue weighted by Crippen LogP contribution is 2.33. The van der Waals surface area contributed by atoms with Crippen LogP contribution < -0.4 is 9.47 Å². The summed E-state index contributed by atoms with van der Waals surface area (Å²) < 4.78 is 76.0. The van der Waals surface area contributed by atoms with Gasteiger partial charge in [0.2, 0.25) is 5.88 Å². The van der Waals surface area contributed by atoms with Gasteiger partial charge in [-0.15, -0.1) is 0 Å². The Kier molecular flexibility index (Phi) is 11.0. The second-order valence-corrected chi connectivity index (χ2v) is 17.6. The van der Waals surface area contributed by atoms with Crippen LogP contribution in [0.25, 0.3) is 11.2 Å². The molecule has 0 spiro atoms. The Morgan fingerprint density at radius 2 is 1.89 bits per heavy atom. The third-order valence-corrected chi connectivity index (χ3v) is 9.43. The van der Waals surface area contributed by atoms with Crippen LogP contribution in [-0.2, 0) is 48.5 Å². The predicted octanol–water partition coefficient (Wildman–Crippen LogP) is 3.76. The van der Waals surface area contributed by atoms with Crippen LogP contribution in [0.3, 0.4) is 0 Å². The molecule has 1 amide bonds. The van der Waals surface area contributed by atoms with Crippen molar-refractivity contribution < 1.29 is 46.6 Å². The molecule has 12 nitrogen and oxygen atoms in total. The molecule has 4 heterocycles. The average Bonchev–Trinajstić information content (AvgIpc) is 3.63. The van der Waals surface area contributed by atoms with E-state index in [2.05, 4.69) is 27.4 Å². The van der Waals surface area contributed by atoms with E-state index in [0.717, 1.165) is 18.2 Å². The molecule has 1 aromatic carbocycles. The molecule has 1 N–H and O–H groups in total. The summed E-state index contributed by atoms with van der Waals surface area (Å²) in [5.41, 5.74) is 0.575. The number of fused-ring (bicyclic) bond motifs is 2. The fourth-order valence-corrected chi connectivity index (χ4v) is 6.36. The largest absolute Gasteiger partial charge is 0.471 e. The van der Waals surface area contributed by atoms with Crippen LogP contribution in [-0.4, -0.2) is 95.3 Å². The van der Waals surface area contributed by atoms with Crippen LogP contribution in [0.4, 0.5) is 8.78 Å². The first-order valence-electron chi connectivity index (χ1n) is 14.6. The van der Waals surface area contributed by atoms with Crippen molar-refractivity contribution in [3.8, 4) is 11.9 Å². The molecule has 0 aliphatic carbocycles. The molecule has 2 fully saturated rings. The van der Waals surface area contributed by atoms with E-state index in [1.807, 2.05) is 0 Å². The van der Waals surface area contributed by atoms with Crippen LogP contribution in [0.2, 0.25) is 24.2 Å². The first-order valence-corrected chi connectivity index (χ1v) is 20.0. The first-order chi connectivity index (χ1) is 21.8. The molecule has 2 aliphatic heterocycles. The van der Waals surface area contributed by atoms with Gasteiger partial charge >= 0.3 is 14.8 Å². The zero-order valence-corrected chi connectivity index (χ0v) is 28.4. The zero-order valence-electron chi connectivity index (χ0n) is 25.8. The average molecular weight is 702 g/mol. The van der Waals surface area contributed by atoms with Crippen LogP contribution in [0.5, 0.6) is 11.9 Å². The van der Waals surface area contributed by atoms with Gasteiger partial charge in [-0.3, -0.25) is 9.36 Å². The van der Waals surface area contributed by atoms with E-state index in [-0.39, 0.29) is 60.8 Å². The number of aromatic nitrogens is 3. The summed E-state index contributed by atoms with van der Waals surface area (Å²) in [5.74, 6) is -2.43. The number of amides is 1. The lowest BCUT2D eigenvalue weighted by Gasteiger charge is -2.18. The van der Waals surface area contributed by atoms with E-state index in [9.17, 15) is 22.9 Å². The predicted molar refractivity (Wildman–Crippen MR) is 167 cm³/mol. The molecule has 4 atom stereocenters. The van der Waals surface area contributed by atoms with Gasteiger partial charge in [-0.2, -0.15) is 14.3 Å². The number of rotatable bonds is 13. The smallest absolute Gasteiger partial charge is 0.310 e. The Morgan fingerprint density at radius 3 is 2.59 bits per heavy atom. The lowest BCUT2D eigenvalue weighted by Crippen LogP contribution is -2.35. The van der Waals surface area contributed by atoms with Crippen molar-refractivity contribution in [3.05, 3.63) is 46.0 Å². The summed E-state index contributed by atoms with van der Waals surface area (Å²) in [6.07, 6.45) is 0.305. The number of pyridine rings is 1. The van der Waals surface area contributed by atoms with Crippen molar-refractivity contribution in [2.24, 2.45) is 4.36 Å². The van der Waals surface area contributed by atoms with Gasteiger partial charge in [0.15, 0.2) is 11.8 Å². The van der Waals surface area contributed by atoms with Gasteiger partial charge in [0.05, 0.1) is 44.5 Å². The van der Waals surface area contributed by atoms with Gasteiger partial charge in [-0.25, -0.2) is 13.0 Å². The van der Waals surface area contributed by atoms with Crippen molar-refractivity contribution in [2.45, 2.75) is 69.7 Å². The lowest BCUT2D eigenvalue weighted by atomic mass is 10.1. The topological polar surface area (TPSA) is 144 Å². The monoisotopic (exact) mass is 701 g/mol. The van der Waals surface area contributed by atoms with Crippen molar-refractivity contribution in [1.29, 1.82) is 0 Å². The maximum Gasteiger partial charge on any atom is 0.310 e. The summed E-state index contributed by atoms with van der Waals surface area (Å²) in [5, 5.41) is 10.2. The van der Waals surface area contributed by atoms with E-state index in [0.29, 0.717) is 17.8 Å². The molecule has 46 heavy (non-hydrogen) atoms. The third-order valence-electron chi connectivity index (χ3n) is 7.32. The van der Waals surface area contributed by atoms with Crippen molar-refractivity contribution in [3.63, 3.8) is 0 Å². The Hall–Kier alpha value is -2.73. The Bertz CT molecular complexity index is 1690. The molecule has 0 unspecified atom stereocenters. The number of hydrogen-bond donors (Lipinski definition) is 1.